The van der Waals surface area contributed by atoms with Crippen molar-refractivity contribution in [3.05, 3.63) is 12.2 Å². The zero-order valence-electron chi connectivity index (χ0n) is 8.54. The molecule has 0 saturated carbocycles. The van der Waals surface area contributed by atoms with Crippen molar-refractivity contribution in [2.45, 2.75) is 32.0 Å². The second-order valence-electron chi connectivity index (χ2n) is 3.80. The lowest BCUT2D eigenvalue weighted by Gasteiger charge is -2.31. The molecule has 0 aromatic carbocycles. The Morgan fingerprint density at radius 1 is 1.67 bits per heavy atom. The molecular formula is C9H13F2NO3. The molecule has 0 aliphatic carbocycles. The van der Waals surface area contributed by atoms with E-state index >= 15 is 0 Å². The van der Waals surface area contributed by atoms with Crippen LogP contribution < -0.4 is 0 Å². The molecule has 86 valence electrons. The Kier molecular flexibility index (Phi) is 2.99. The van der Waals surface area contributed by atoms with Crippen LogP contribution >= 0.6 is 0 Å². The van der Waals surface area contributed by atoms with Crippen LogP contribution in [0.25, 0.3) is 0 Å². The number of rotatable bonds is 2. The molecule has 4 nitrogen and oxygen atoms in total. The Labute approximate surface area is 86.1 Å². The maximum absolute atomic E-state index is 12.4. The van der Waals surface area contributed by atoms with Crippen LogP contribution in [-0.2, 0) is 4.74 Å². The van der Waals surface area contributed by atoms with E-state index in [-0.39, 0.29) is 6.61 Å². The number of nitrogens with zero attached hydrogens (tertiary/aromatic N) is 1. The third-order valence-electron chi connectivity index (χ3n) is 2.40. The maximum Gasteiger partial charge on any atom is 0.410 e. The molecule has 0 aromatic heterocycles. The Bertz CT molecular complexity index is 291. The molecule has 1 heterocycles. The molecule has 1 aliphatic heterocycles. The van der Waals surface area contributed by atoms with Gasteiger partial charge in [0, 0.05) is 5.57 Å². The second-order valence-corrected chi connectivity index (χ2v) is 3.80. The number of ether oxygens (including phenoxy) is 1. The van der Waals surface area contributed by atoms with E-state index in [1.165, 1.54) is 13.8 Å². The van der Waals surface area contributed by atoms with Crippen LogP contribution in [0.1, 0.15) is 13.8 Å². The summed E-state index contributed by atoms with van der Waals surface area (Å²) in [7, 11) is 0. The molecular weight excluding hydrogens is 208 g/mol. The summed E-state index contributed by atoms with van der Waals surface area (Å²) in [6, 6.07) is -0.975. The van der Waals surface area contributed by atoms with Crippen molar-refractivity contribution in [1.29, 1.82) is 0 Å². The van der Waals surface area contributed by atoms with Gasteiger partial charge in [-0.1, -0.05) is 6.58 Å². The van der Waals surface area contributed by atoms with Crippen LogP contribution in [0.4, 0.5) is 13.6 Å². The number of halogens is 2. The number of alkyl halides is 2. The fourth-order valence-corrected chi connectivity index (χ4v) is 1.58. The van der Waals surface area contributed by atoms with E-state index in [2.05, 4.69) is 6.58 Å². The lowest BCUT2D eigenvalue weighted by Crippen LogP contribution is -2.48. The first-order valence-corrected chi connectivity index (χ1v) is 4.40. The van der Waals surface area contributed by atoms with Crippen LogP contribution in [0, 0.1) is 0 Å². The summed E-state index contributed by atoms with van der Waals surface area (Å²) >= 11 is 0. The monoisotopic (exact) mass is 221 g/mol. The molecule has 1 aliphatic rings. The molecule has 15 heavy (non-hydrogen) atoms. The Balaban J connectivity index is 2.93. The van der Waals surface area contributed by atoms with Crippen molar-refractivity contribution in [2.75, 3.05) is 6.61 Å². The van der Waals surface area contributed by atoms with E-state index in [0.29, 0.717) is 0 Å². The quantitative estimate of drug-likeness (QED) is 0.725. The summed E-state index contributed by atoms with van der Waals surface area (Å²) in [6.45, 7) is 6.15. The van der Waals surface area contributed by atoms with E-state index in [4.69, 9.17) is 9.84 Å². The van der Waals surface area contributed by atoms with E-state index in [1.807, 2.05) is 0 Å². The van der Waals surface area contributed by atoms with Crippen LogP contribution in [0.2, 0.25) is 0 Å². The SMILES string of the molecule is C=C(C(F)F)[C@H]1COC(C)(C)N1C(=O)O. The normalized spacial score (nSPS) is 24.6. The zero-order chi connectivity index (χ0) is 11.8. The van der Waals surface area contributed by atoms with Gasteiger partial charge in [-0.05, 0) is 13.8 Å². The number of hydrogen-bond acceptors (Lipinski definition) is 2. The fourth-order valence-electron chi connectivity index (χ4n) is 1.58. The molecule has 1 atom stereocenters. The third kappa shape index (κ3) is 2.09. The predicted octanol–water partition coefficient (Wildman–Crippen LogP) is 1.92. The molecule has 1 saturated heterocycles. The first-order chi connectivity index (χ1) is 6.77. The van der Waals surface area contributed by atoms with Gasteiger partial charge in [-0.25, -0.2) is 13.6 Å². The molecule has 1 fully saturated rings. The lowest BCUT2D eigenvalue weighted by molar-refractivity contribution is -0.0415. The Hall–Kier alpha value is -1.17. The Morgan fingerprint density at radius 3 is 2.60 bits per heavy atom. The highest BCUT2D eigenvalue weighted by molar-refractivity contribution is 5.67. The minimum Gasteiger partial charge on any atom is -0.465 e. The van der Waals surface area contributed by atoms with E-state index < -0.39 is 29.9 Å². The molecule has 0 bridgehead atoms. The highest BCUT2D eigenvalue weighted by Crippen LogP contribution is 2.32. The average Bonchev–Trinajstić information content (AvgIpc) is 2.39. The summed E-state index contributed by atoms with van der Waals surface area (Å²) in [4.78, 5) is 11.8. The molecule has 0 spiro atoms. The topological polar surface area (TPSA) is 49.8 Å². The summed E-state index contributed by atoms with van der Waals surface area (Å²) < 4.78 is 29.9. The molecule has 1 amide bonds. The van der Waals surface area contributed by atoms with Crippen molar-refractivity contribution < 1.29 is 23.4 Å². The minimum absolute atomic E-state index is 0.0809. The molecule has 0 aromatic rings. The Morgan fingerprint density at radius 2 is 2.20 bits per heavy atom. The molecule has 1 rings (SSSR count). The molecule has 6 heteroatoms. The highest BCUT2D eigenvalue weighted by Gasteiger charge is 2.46. The zero-order valence-corrected chi connectivity index (χ0v) is 8.54. The number of carboxylic acid groups (broad SMARTS) is 1. The van der Waals surface area contributed by atoms with Crippen LogP contribution in [0.5, 0.6) is 0 Å². The largest absolute Gasteiger partial charge is 0.465 e. The lowest BCUT2D eigenvalue weighted by atomic mass is 10.1. The van der Waals surface area contributed by atoms with E-state index in [0.717, 1.165) is 4.90 Å². The van der Waals surface area contributed by atoms with Crippen molar-refractivity contribution in [3.8, 4) is 0 Å². The van der Waals surface area contributed by atoms with Gasteiger partial charge in [0.15, 0.2) is 0 Å². The first kappa shape index (κ1) is 11.9. The molecule has 0 radical (unpaired) electrons. The van der Waals surface area contributed by atoms with Gasteiger partial charge in [-0.15, -0.1) is 0 Å². The van der Waals surface area contributed by atoms with E-state index in [1.54, 1.807) is 0 Å². The minimum atomic E-state index is -2.74. The van der Waals surface area contributed by atoms with Crippen LogP contribution in [0.3, 0.4) is 0 Å². The number of hydrogen-bond donors (Lipinski definition) is 1. The molecule has 1 N–H and O–H groups in total. The van der Waals surface area contributed by atoms with Gasteiger partial charge in [0.05, 0.1) is 12.6 Å². The summed E-state index contributed by atoms with van der Waals surface area (Å²) in [6.07, 6.45) is -4.03. The summed E-state index contributed by atoms with van der Waals surface area (Å²) in [5.41, 5.74) is -1.52. The standard InChI is InChI=1S/C9H13F2NO3/c1-5(7(10)11)6-4-15-9(2,3)12(6)8(13)14/h6-7H,1,4H2,2-3H3,(H,13,14)/t6-/m1/s1. The summed E-state index contributed by atoms with van der Waals surface area (Å²) in [5, 5.41) is 8.91. The van der Waals surface area contributed by atoms with Gasteiger partial charge >= 0.3 is 6.09 Å². The third-order valence-corrected chi connectivity index (χ3v) is 2.40. The van der Waals surface area contributed by atoms with Crippen molar-refractivity contribution in [1.82, 2.24) is 4.90 Å². The van der Waals surface area contributed by atoms with Crippen LogP contribution in [-0.4, -0.2) is 40.9 Å². The number of carbonyl (C=O) groups is 1. The first-order valence-electron chi connectivity index (χ1n) is 4.40. The summed E-state index contributed by atoms with van der Waals surface area (Å²) in [5.74, 6) is 0. The fraction of sp³-hybridized carbons (Fsp3) is 0.667. The van der Waals surface area contributed by atoms with Gasteiger partial charge in [-0.2, -0.15) is 0 Å². The van der Waals surface area contributed by atoms with Crippen molar-refractivity contribution >= 4 is 6.09 Å². The smallest absolute Gasteiger partial charge is 0.410 e. The van der Waals surface area contributed by atoms with Gasteiger partial charge in [0.1, 0.15) is 5.72 Å². The van der Waals surface area contributed by atoms with Gasteiger partial charge in [0.25, 0.3) is 6.43 Å². The van der Waals surface area contributed by atoms with Crippen molar-refractivity contribution in [2.24, 2.45) is 0 Å². The van der Waals surface area contributed by atoms with Crippen molar-refractivity contribution in [3.63, 3.8) is 0 Å². The highest BCUT2D eigenvalue weighted by atomic mass is 19.3. The van der Waals surface area contributed by atoms with E-state index in [9.17, 15) is 13.6 Å². The second kappa shape index (κ2) is 3.77. The molecule has 0 unspecified atom stereocenters. The van der Waals surface area contributed by atoms with Gasteiger partial charge < -0.3 is 9.84 Å². The van der Waals surface area contributed by atoms with Crippen LogP contribution in [0.15, 0.2) is 12.2 Å². The predicted molar refractivity (Wildman–Crippen MR) is 48.8 cm³/mol. The average molecular weight is 221 g/mol. The van der Waals surface area contributed by atoms with Gasteiger partial charge in [-0.3, -0.25) is 4.90 Å². The van der Waals surface area contributed by atoms with Gasteiger partial charge in [0.2, 0.25) is 0 Å². The maximum atomic E-state index is 12.4. The number of amides is 1.